The highest BCUT2D eigenvalue weighted by Crippen LogP contribution is 2.25. The number of methoxy groups -OCH3 is 1. The zero-order valence-corrected chi connectivity index (χ0v) is 9.84. The molecule has 1 amide bonds. The summed E-state index contributed by atoms with van der Waals surface area (Å²) in [6, 6.07) is 6.69. The largest absolute Gasteiger partial charge is 0.494 e. The fourth-order valence-electron chi connectivity index (χ4n) is 1.56. The number of ether oxygens (including phenoxy) is 1. The van der Waals surface area contributed by atoms with Gasteiger partial charge in [0.1, 0.15) is 0 Å². The number of para-hydroxylation sites is 1. The molecule has 6 heteroatoms. The zero-order chi connectivity index (χ0) is 13.0. The summed E-state index contributed by atoms with van der Waals surface area (Å²) in [6.45, 7) is 0.261. The highest BCUT2D eigenvalue weighted by molar-refractivity contribution is 5.98. The van der Waals surface area contributed by atoms with Crippen LogP contribution in [-0.2, 0) is 6.54 Å². The van der Waals surface area contributed by atoms with Gasteiger partial charge in [0.2, 0.25) is 0 Å². The van der Waals surface area contributed by atoms with Crippen molar-refractivity contribution in [2.45, 2.75) is 6.54 Å². The topological polar surface area (TPSA) is 90.4 Å². The Bertz CT molecular complexity index is 538. The van der Waals surface area contributed by atoms with Gasteiger partial charge in [-0.2, -0.15) is 0 Å². The van der Waals surface area contributed by atoms with E-state index < -0.39 is 0 Å². The van der Waals surface area contributed by atoms with Crippen LogP contribution < -0.4 is 15.8 Å². The van der Waals surface area contributed by atoms with Gasteiger partial charge in [-0.15, -0.1) is 0 Å². The smallest absolute Gasteiger partial charge is 0.255 e. The standard InChI is InChI=1S/C12H13N3O3/c1-17-11-9(3-2-4-10(11)13)12(16)14-7-8-5-6-15-18-8/h2-6H,7,13H2,1H3,(H,14,16). The Morgan fingerprint density at radius 1 is 1.50 bits per heavy atom. The van der Waals surface area contributed by atoms with Crippen molar-refractivity contribution in [3.8, 4) is 5.75 Å². The summed E-state index contributed by atoms with van der Waals surface area (Å²) >= 11 is 0. The van der Waals surface area contributed by atoms with Crippen LogP contribution in [0.1, 0.15) is 16.1 Å². The molecular weight excluding hydrogens is 234 g/mol. The summed E-state index contributed by atoms with van der Waals surface area (Å²) in [6.07, 6.45) is 1.52. The SMILES string of the molecule is COc1c(N)cccc1C(=O)NCc1ccno1. The summed E-state index contributed by atoms with van der Waals surface area (Å²) in [5.41, 5.74) is 6.53. The van der Waals surface area contributed by atoms with Crippen molar-refractivity contribution in [2.24, 2.45) is 0 Å². The van der Waals surface area contributed by atoms with Gasteiger partial charge in [-0.05, 0) is 12.1 Å². The number of nitrogens with zero attached hydrogens (tertiary/aromatic N) is 1. The molecule has 0 atom stereocenters. The van der Waals surface area contributed by atoms with Crippen LogP contribution >= 0.6 is 0 Å². The predicted molar refractivity (Wildman–Crippen MR) is 65.1 cm³/mol. The van der Waals surface area contributed by atoms with Crippen LogP contribution in [0.4, 0.5) is 5.69 Å². The van der Waals surface area contributed by atoms with Crippen molar-refractivity contribution in [2.75, 3.05) is 12.8 Å². The summed E-state index contributed by atoms with van der Waals surface area (Å²) in [5.74, 6) is 0.661. The molecule has 1 heterocycles. The van der Waals surface area contributed by atoms with Gasteiger partial charge in [0, 0.05) is 6.07 Å². The van der Waals surface area contributed by atoms with Crippen molar-refractivity contribution in [1.29, 1.82) is 0 Å². The number of nitrogens with two attached hydrogens (primary N) is 1. The van der Waals surface area contributed by atoms with E-state index in [0.717, 1.165) is 0 Å². The van der Waals surface area contributed by atoms with E-state index in [0.29, 0.717) is 22.8 Å². The van der Waals surface area contributed by atoms with Crippen LogP contribution in [0.3, 0.4) is 0 Å². The second-order valence-electron chi connectivity index (χ2n) is 3.59. The Balaban J connectivity index is 2.11. The number of hydrogen-bond acceptors (Lipinski definition) is 5. The molecule has 0 aliphatic heterocycles. The van der Waals surface area contributed by atoms with E-state index in [9.17, 15) is 4.79 Å². The monoisotopic (exact) mass is 247 g/mol. The number of nitrogen functional groups attached to an aromatic ring is 1. The van der Waals surface area contributed by atoms with Gasteiger partial charge in [0.25, 0.3) is 5.91 Å². The average molecular weight is 247 g/mol. The molecule has 18 heavy (non-hydrogen) atoms. The van der Waals surface area contributed by atoms with Gasteiger partial charge >= 0.3 is 0 Å². The van der Waals surface area contributed by atoms with Crippen LogP contribution in [0.25, 0.3) is 0 Å². The Labute approximate surface area is 104 Å². The lowest BCUT2D eigenvalue weighted by molar-refractivity contribution is 0.0944. The fourth-order valence-corrected chi connectivity index (χ4v) is 1.56. The lowest BCUT2D eigenvalue weighted by atomic mass is 10.1. The number of nitrogens with one attached hydrogen (secondary N) is 1. The molecule has 0 saturated heterocycles. The Morgan fingerprint density at radius 3 is 3.00 bits per heavy atom. The van der Waals surface area contributed by atoms with E-state index in [-0.39, 0.29) is 12.5 Å². The van der Waals surface area contributed by atoms with Gasteiger partial charge in [0.15, 0.2) is 11.5 Å². The second kappa shape index (κ2) is 5.22. The molecule has 3 N–H and O–H groups in total. The van der Waals surface area contributed by atoms with Crippen LogP contribution in [0.15, 0.2) is 35.0 Å². The van der Waals surface area contributed by atoms with E-state index in [2.05, 4.69) is 10.5 Å². The van der Waals surface area contributed by atoms with Crippen molar-refractivity contribution < 1.29 is 14.1 Å². The van der Waals surface area contributed by atoms with Crippen LogP contribution in [0, 0.1) is 0 Å². The third-order valence-electron chi connectivity index (χ3n) is 2.41. The minimum atomic E-state index is -0.282. The van der Waals surface area contributed by atoms with Crippen molar-refractivity contribution in [3.05, 3.63) is 41.8 Å². The highest BCUT2D eigenvalue weighted by atomic mass is 16.5. The van der Waals surface area contributed by atoms with Gasteiger partial charge in [-0.1, -0.05) is 11.2 Å². The van der Waals surface area contributed by atoms with Gasteiger partial charge < -0.3 is 20.3 Å². The zero-order valence-electron chi connectivity index (χ0n) is 9.84. The molecule has 1 aromatic heterocycles. The molecule has 0 saturated carbocycles. The molecule has 0 aliphatic carbocycles. The summed E-state index contributed by atoms with van der Waals surface area (Å²) in [4.78, 5) is 12.0. The van der Waals surface area contributed by atoms with Crippen molar-refractivity contribution in [1.82, 2.24) is 10.5 Å². The molecule has 0 unspecified atom stereocenters. The Hall–Kier alpha value is -2.50. The minimum absolute atomic E-state index is 0.261. The minimum Gasteiger partial charge on any atom is -0.494 e. The predicted octanol–water partition coefficient (Wildman–Crippen LogP) is 1.20. The van der Waals surface area contributed by atoms with Gasteiger partial charge in [-0.25, -0.2) is 0 Å². The molecular formula is C12H13N3O3. The van der Waals surface area contributed by atoms with E-state index in [4.69, 9.17) is 15.0 Å². The molecule has 1 aromatic carbocycles. The first-order valence-electron chi connectivity index (χ1n) is 5.32. The van der Waals surface area contributed by atoms with E-state index in [1.165, 1.54) is 13.3 Å². The number of carbonyl (C=O) groups excluding carboxylic acids is 1. The quantitative estimate of drug-likeness (QED) is 0.792. The molecule has 0 spiro atoms. The Morgan fingerprint density at radius 2 is 2.33 bits per heavy atom. The average Bonchev–Trinajstić information content (AvgIpc) is 2.88. The molecule has 6 nitrogen and oxygen atoms in total. The third kappa shape index (κ3) is 2.42. The normalized spacial score (nSPS) is 10.1. The molecule has 94 valence electrons. The van der Waals surface area contributed by atoms with Gasteiger partial charge in [-0.3, -0.25) is 4.79 Å². The van der Waals surface area contributed by atoms with E-state index in [1.54, 1.807) is 24.3 Å². The maximum absolute atomic E-state index is 12.0. The van der Waals surface area contributed by atoms with Crippen LogP contribution in [0.5, 0.6) is 5.75 Å². The Kier molecular flexibility index (Phi) is 3.47. The number of rotatable bonds is 4. The molecule has 0 fully saturated rings. The number of anilines is 1. The maximum Gasteiger partial charge on any atom is 0.255 e. The van der Waals surface area contributed by atoms with Crippen molar-refractivity contribution in [3.63, 3.8) is 0 Å². The number of amides is 1. The lowest BCUT2D eigenvalue weighted by Gasteiger charge is -2.10. The third-order valence-corrected chi connectivity index (χ3v) is 2.41. The molecule has 0 radical (unpaired) electrons. The molecule has 0 bridgehead atoms. The number of carbonyl (C=O) groups is 1. The van der Waals surface area contributed by atoms with Crippen LogP contribution in [-0.4, -0.2) is 18.2 Å². The molecule has 2 rings (SSSR count). The molecule has 0 aliphatic rings. The first-order valence-corrected chi connectivity index (χ1v) is 5.32. The van der Waals surface area contributed by atoms with Crippen LogP contribution in [0.2, 0.25) is 0 Å². The fraction of sp³-hybridized carbons (Fsp3) is 0.167. The summed E-state index contributed by atoms with van der Waals surface area (Å²) < 4.78 is 9.99. The molecule has 2 aromatic rings. The lowest BCUT2D eigenvalue weighted by Crippen LogP contribution is -2.23. The maximum atomic E-state index is 12.0. The van der Waals surface area contributed by atoms with Crippen molar-refractivity contribution >= 4 is 11.6 Å². The first-order chi connectivity index (χ1) is 8.72. The second-order valence-corrected chi connectivity index (χ2v) is 3.59. The van der Waals surface area contributed by atoms with E-state index >= 15 is 0 Å². The van der Waals surface area contributed by atoms with Gasteiger partial charge in [0.05, 0.1) is 31.1 Å². The summed E-state index contributed by atoms with van der Waals surface area (Å²) in [5, 5.41) is 6.24. The first kappa shape index (κ1) is 12.0. The number of benzene rings is 1. The number of aromatic nitrogens is 1. The number of hydrogen-bond donors (Lipinski definition) is 2. The summed E-state index contributed by atoms with van der Waals surface area (Å²) in [7, 11) is 1.47. The highest BCUT2D eigenvalue weighted by Gasteiger charge is 2.14. The van der Waals surface area contributed by atoms with E-state index in [1.807, 2.05) is 0 Å².